The lowest BCUT2D eigenvalue weighted by Gasteiger charge is -2.18. The summed E-state index contributed by atoms with van der Waals surface area (Å²) in [6.07, 6.45) is 3.68. The van der Waals surface area contributed by atoms with Gasteiger partial charge in [-0.1, -0.05) is 23.8 Å². The summed E-state index contributed by atoms with van der Waals surface area (Å²) in [6.45, 7) is 6.89. The number of nitrogens with zero attached hydrogens (tertiary/aromatic N) is 1. The molecule has 0 aliphatic heterocycles. The van der Waals surface area contributed by atoms with Gasteiger partial charge in [0.25, 0.3) is 5.69 Å². The largest absolute Gasteiger partial charge is 0.309 e. The third-order valence-electron chi connectivity index (χ3n) is 2.24. The second-order valence-electron chi connectivity index (χ2n) is 5.00. The molecule has 1 rings (SSSR count). The maximum absolute atomic E-state index is 10.7. The van der Waals surface area contributed by atoms with Gasteiger partial charge in [-0.25, -0.2) is 0 Å². The Morgan fingerprint density at radius 3 is 2.67 bits per heavy atom. The molecule has 0 aliphatic carbocycles. The summed E-state index contributed by atoms with van der Waals surface area (Å²) in [5.74, 6) is 0. The van der Waals surface area contributed by atoms with E-state index in [4.69, 9.17) is 11.6 Å². The van der Waals surface area contributed by atoms with Gasteiger partial charge in [-0.15, -0.1) is 0 Å². The Morgan fingerprint density at radius 2 is 2.11 bits per heavy atom. The Labute approximate surface area is 112 Å². The number of rotatable bonds is 4. The molecule has 0 amide bonds. The lowest BCUT2D eigenvalue weighted by molar-refractivity contribution is -0.384. The molecule has 0 atom stereocenters. The fourth-order valence-electron chi connectivity index (χ4n) is 1.32. The number of nitro groups is 1. The van der Waals surface area contributed by atoms with E-state index < -0.39 is 4.92 Å². The van der Waals surface area contributed by atoms with Gasteiger partial charge in [-0.2, -0.15) is 0 Å². The highest BCUT2D eigenvalue weighted by atomic mass is 35.5. The van der Waals surface area contributed by atoms with E-state index in [0.717, 1.165) is 0 Å². The Morgan fingerprint density at radius 1 is 1.44 bits per heavy atom. The molecule has 18 heavy (non-hydrogen) atoms. The SMILES string of the molecule is CC(C)(C)NCC=Cc1cc([N+](=O)[O-])ccc1Cl. The topological polar surface area (TPSA) is 55.2 Å². The zero-order valence-electron chi connectivity index (χ0n) is 10.7. The molecule has 0 spiro atoms. The third-order valence-corrected chi connectivity index (χ3v) is 2.58. The Balaban J connectivity index is 2.74. The zero-order chi connectivity index (χ0) is 13.8. The van der Waals surface area contributed by atoms with Gasteiger partial charge in [-0.05, 0) is 32.4 Å². The Kier molecular flexibility index (Phi) is 4.87. The first kappa shape index (κ1) is 14.7. The first-order valence-electron chi connectivity index (χ1n) is 5.65. The Hall–Kier alpha value is -1.39. The van der Waals surface area contributed by atoms with E-state index in [2.05, 4.69) is 26.1 Å². The number of hydrogen-bond donors (Lipinski definition) is 1. The van der Waals surface area contributed by atoms with Crippen LogP contribution in [0.4, 0.5) is 5.69 Å². The highest BCUT2D eigenvalue weighted by Crippen LogP contribution is 2.23. The van der Waals surface area contributed by atoms with Crippen LogP contribution in [0, 0.1) is 10.1 Å². The van der Waals surface area contributed by atoms with Crippen molar-refractivity contribution >= 4 is 23.4 Å². The molecule has 0 unspecified atom stereocenters. The molecule has 1 N–H and O–H groups in total. The summed E-state index contributed by atoms with van der Waals surface area (Å²) >= 11 is 5.98. The molecule has 0 aromatic heterocycles. The molecular formula is C13H17ClN2O2. The van der Waals surface area contributed by atoms with Gasteiger partial charge >= 0.3 is 0 Å². The number of nitrogens with one attached hydrogen (secondary N) is 1. The van der Waals surface area contributed by atoms with E-state index in [1.807, 2.05) is 6.08 Å². The van der Waals surface area contributed by atoms with Crippen LogP contribution in [0.5, 0.6) is 0 Å². The summed E-state index contributed by atoms with van der Waals surface area (Å²) in [7, 11) is 0. The van der Waals surface area contributed by atoms with Crippen LogP contribution in [0.25, 0.3) is 6.08 Å². The van der Waals surface area contributed by atoms with Crippen molar-refractivity contribution in [3.63, 3.8) is 0 Å². The second kappa shape index (κ2) is 5.98. The van der Waals surface area contributed by atoms with Crippen molar-refractivity contribution in [3.8, 4) is 0 Å². The molecule has 1 aromatic rings. The average molecular weight is 269 g/mol. The maximum atomic E-state index is 10.7. The molecule has 0 saturated carbocycles. The van der Waals surface area contributed by atoms with E-state index in [-0.39, 0.29) is 11.2 Å². The fourth-order valence-corrected chi connectivity index (χ4v) is 1.50. The lowest BCUT2D eigenvalue weighted by Crippen LogP contribution is -2.35. The number of nitro benzene ring substituents is 1. The molecule has 5 heteroatoms. The molecular weight excluding hydrogens is 252 g/mol. The van der Waals surface area contributed by atoms with Crippen molar-refractivity contribution in [1.29, 1.82) is 0 Å². The van der Waals surface area contributed by atoms with Crippen LogP contribution in [0.2, 0.25) is 5.02 Å². The van der Waals surface area contributed by atoms with Gasteiger partial charge in [0, 0.05) is 29.2 Å². The van der Waals surface area contributed by atoms with Crippen molar-refractivity contribution in [3.05, 3.63) is 45.0 Å². The summed E-state index contributed by atoms with van der Waals surface area (Å²) in [4.78, 5) is 10.2. The molecule has 0 aliphatic rings. The van der Waals surface area contributed by atoms with Crippen LogP contribution < -0.4 is 5.32 Å². The van der Waals surface area contributed by atoms with Gasteiger partial charge in [-0.3, -0.25) is 10.1 Å². The fraction of sp³-hybridized carbons (Fsp3) is 0.385. The minimum Gasteiger partial charge on any atom is -0.309 e. The molecule has 0 radical (unpaired) electrons. The van der Waals surface area contributed by atoms with E-state index >= 15 is 0 Å². The first-order chi connectivity index (χ1) is 8.29. The number of non-ortho nitro benzene ring substituents is 1. The maximum Gasteiger partial charge on any atom is 0.270 e. The second-order valence-corrected chi connectivity index (χ2v) is 5.40. The van der Waals surface area contributed by atoms with Gasteiger partial charge in [0.15, 0.2) is 0 Å². The highest BCUT2D eigenvalue weighted by molar-refractivity contribution is 6.32. The van der Waals surface area contributed by atoms with E-state index in [1.54, 1.807) is 6.08 Å². The predicted molar refractivity (Wildman–Crippen MR) is 74.9 cm³/mol. The van der Waals surface area contributed by atoms with Crippen molar-refractivity contribution < 1.29 is 4.92 Å². The standard InChI is InChI=1S/C13H17ClN2O2/c1-13(2,3)15-8-4-5-10-9-11(16(17)18)6-7-12(10)14/h4-7,9,15H,8H2,1-3H3. The van der Waals surface area contributed by atoms with Crippen molar-refractivity contribution in [2.24, 2.45) is 0 Å². The number of halogens is 1. The molecule has 0 saturated heterocycles. The van der Waals surface area contributed by atoms with Crippen LogP contribution in [0.3, 0.4) is 0 Å². The van der Waals surface area contributed by atoms with E-state index in [0.29, 0.717) is 17.1 Å². The molecule has 4 nitrogen and oxygen atoms in total. The highest BCUT2D eigenvalue weighted by Gasteiger charge is 2.08. The van der Waals surface area contributed by atoms with Crippen LogP contribution >= 0.6 is 11.6 Å². The van der Waals surface area contributed by atoms with E-state index in [9.17, 15) is 10.1 Å². The minimum absolute atomic E-state index is 0.0385. The van der Waals surface area contributed by atoms with Gasteiger partial charge in [0.2, 0.25) is 0 Å². The Bertz CT molecular complexity index is 465. The first-order valence-corrected chi connectivity index (χ1v) is 6.03. The smallest absolute Gasteiger partial charge is 0.270 e. The van der Waals surface area contributed by atoms with Gasteiger partial charge in [0.05, 0.1) is 4.92 Å². The predicted octanol–water partition coefficient (Wildman–Crippen LogP) is 3.65. The number of hydrogen-bond acceptors (Lipinski definition) is 3. The summed E-state index contributed by atoms with van der Waals surface area (Å²) < 4.78 is 0. The van der Waals surface area contributed by atoms with Gasteiger partial charge < -0.3 is 5.32 Å². The molecule has 0 heterocycles. The molecule has 0 bridgehead atoms. The summed E-state index contributed by atoms with van der Waals surface area (Å²) in [6, 6.07) is 4.40. The quantitative estimate of drug-likeness (QED) is 0.670. The molecule has 98 valence electrons. The molecule has 0 fully saturated rings. The zero-order valence-corrected chi connectivity index (χ0v) is 11.5. The minimum atomic E-state index is -0.429. The van der Waals surface area contributed by atoms with Crippen molar-refractivity contribution in [2.45, 2.75) is 26.3 Å². The normalized spacial score (nSPS) is 12.0. The van der Waals surface area contributed by atoms with Crippen molar-refractivity contribution in [1.82, 2.24) is 5.32 Å². The third kappa shape index (κ3) is 4.85. The van der Waals surface area contributed by atoms with Gasteiger partial charge in [0.1, 0.15) is 0 Å². The lowest BCUT2D eigenvalue weighted by atomic mass is 10.1. The van der Waals surface area contributed by atoms with Crippen LogP contribution in [-0.2, 0) is 0 Å². The summed E-state index contributed by atoms with van der Waals surface area (Å²) in [5.41, 5.74) is 0.737. The average Bonchev–Trinajstić information content (AvgIpc) is 2.24. The molecule has 1 aromatic carbocycles. The van der Waals surface area contributed by atoms with Crippen molar-refractivity contribution in [2.75, 3.05) is 6.54 Å². The van der Waals surface area contributed by atoms with E-state index in [1.165, 1.54) is 18.2 Å². The number of benzene rings is 1. The van der Waals surface area contributed by atoms with Crippen LogP contribution in [0.15, 0.2) is 24.3 Å². The summed E-state index contributed by atoms with van der Waals surface area (Å²) in [5, 5.41) is 14.4. The van der Waals surface area contributed by atoms with Crippen LogP contribution in [0.1, 0.15) is 26.3 Å². The van der Waals surface area contributed by atoms with Crippen LogP contribution in [-0.4, -0.2) is 17.0 Å². The monoisotopic (exact) mass is 268 g/mol.